The SMILES string of the molecule is Cc1noc(CSc2nn(-c3ccc(Cl)cc3)c(=S)s2)n1. The van der Waals surface area contributed by atoms with Crippen LogP contribution >= 0.6 is 46.9 Å². The van der Waals surface area contributed by atoms with E-state index in [2.05, 4.69) is 15.2 Å². The van der Waals surface area contributed by atoms with Crippen molar-refractivity contribution in [3.05, 3.63) is 45.0 Å². The van der Waals surface area contributed by atoms with Crippen molar-refractivity contribution in [1.29, 1.82) is 0 Å². The summed E-state index contributed by atoms with van der Waals surface area (Å²) in [4.78, 5) is 4.15. The van der Waals surface area contributed by atoms with E-state index >= 15 is 0 Å². The van der Waals surface area contributed by atoms with Crippen LogP contribution in [0.15, 0.2) is 33.1 Å². The molecule has 108 valence electrons. The van der Waals surface area contributed by atoms with Crippen LogP contribution in [0.3, 0.4) is 0 Å². The minimum absolute atomic E-state index is 0.573. The number of aryl methyl sites for hydroxylation is 1. The van der Waals surface area contributed by atoms with Gasteiger partial charge in [0.2, 0.25) is 5.89 Å². The highest BCUT2D eigenvalue weighted by atomic mass is 35.5. The number of aromatic nitrogens is 4. The number of thioether (sulfide) groups is 1. The van der Waals surface area contributed by atoms with Gasteiger partial charge in [-0.1, -0.05) is 39.9 Å². The third-order valence-corrected chi connectivity index (χ3v) is 5.09. The molecule has 0 radical (unpaired) electrons. The van der Waals surface area contributed by atoms with E-state index in [1.807, 2.05) is 24.3 Å². The van der Waals surface area contributed by atoms with Crippen molar-refractivity contribution in [3.8, 4) is 5.69 Å². The van der Waals surface area contributed by atoms with Gasteiger partial charge in [-0.05, 0) is 43.4 Å². The Morgan fingerprint density at radius 2 is 2.14 bits per heavy atom. The normalized spacial score (nSPS) is 11.0. The van der Waals surface area contributed by atoms with Crippen LogP contribution in [0.5, 0.6) is 0 Å². The fourth-order valence-electron chi connectivity index (χ4n) is 1.59. The van der Waals surface area contributed by atoms with Crippen molar-refractivity contribution in [2.24, 2.45) is 0 Å². The van der Waals surface area contributed by atoms with E-state index in [0.29, 0.717) is 26.4 Å². The first-order valence-corrected chi connectivity index (χ1v) is 8.49. The molecule has 0 unspecified atom stereocenters. The van der Waals surface area contributed by atoms with Gasteiger partial charge in [-0.2, -0.15) is 4.98 Å². The molecule has 1 aromatic carbocycles. The van der Waals surface area contributed by atoms with Gasteiger partial charge in [0.05, 0.1) is 11.4 Å². The summed E-state index contributed by atoms with van der Waals surface area (Å²) in [6.07, 6.45) is 0. The first-order valence-electron chi connectivity index (χ1n) is 5.90. The van der Waals surface area contributed by atoms with Crippen molar-refractivity contribution >= 4 is 46.9 Å². The second-order valence-electron chi connectivity index (χ2n) is 4.05. The lowest BCUT2D eigenvalue weighted by Crippen LogP contribution is -1.95. The summed E-state index contributed by atoms with van der Waals surface area (Å²) in [5.74, 6) is 1.78. The molecule has 0 saturated carbocycles. The molecule has 0 N–H and O–H groups in total. The number of hydrogen-bond donors (Lipinski definition) is 0. The predicted molar refractivity (Wildman–Crippen MR) is 85.9 cm³/mol. The highest BCUT2D eigenvalue weighted by Gasteiger charge is 2.09. The lowest BCUT2D eigenvalue weighted by Gasteiger charge is -1.99. The molecular weight excluding hydrogens is 348 g/mol. The zero-order valence-electron chi connectivity index (χ0n) is 10.8. The Balaban J connectivity index is 1.78. The second-order valence-corrected chi connectivity index (χ2v) is 7.33. The zero-order chi connectivity index (χ0) is 14.8. The minimum Gasteiger partial charge on any atom is -0.338 e. The molecule has 0 aliphatic carbocycles. The maximum Gasteiger partial charge on any atom is 0.237 e. The van der Waals surface area contributed by atoms with Gasteiger partial charge < -0.3 is 4.52 Å². The van der Waals surface area contributed by atoms with Crippen LogP contribution in [-0.2, 0) is 5.75 Å². The highest BCUT2D eigenvalue weighted by molar-refractivity contribution is 8.00. The Labute approximate surface area is 139 Å². The van der Waals surface area contributed by atoms with Gasteiger partial charge >= 0.3 is 0 Å². The number of nitrogens with zero attached hydrogens (tertiary/aromatic N) is 4. The first-order chi connectivity index (χ1) is 10.1. The summed E-state index contributed by atoms with van der Waals surface area (Å²) < 4.78 is 8.32. The van der Waals surface area contributed by atoms with Gasteiger partial charge in [-0.15, -0.1) is 5.10 Å². The van der Waals surface area contributed by atoms with Crippen LogP contribution < -0.4 is 0 Å². The van der Waals surface area contributed by atoms with E-state index in [0.717, 1.165) is 10.0 Å². The number of rotatable bonds is 4. The third-order valence-electron chi connectivity index (χ3n) is 2.49. The maximum absolute atomic E-state index is 5.88. The summed E-state index contributed by atoms with van der Waals surface area (Å²) in [5, 5.41) is 8.93. The Hall–Kier alpha value is -1.22. The van der Waals surface area contributed by atoms with Gasteiger partial charge in [-0.3, -0.25) is 0 Å². The monoisotopic (exact) mass is 356 g/mol. The molecule has 3 aromatic rings. The Morgan fingerprint density at radius 3 is 2.81 bits per heavy atom. The van der Waals surface area contributed by atoms with Crippen LogP contribution in [-0.4, -0.2) is 19.9 Å². The smallest absolute Gasteiger partial charge is 0.237 e. The molecule has 0 bridgehead atoms. The second kappa shape index (κ2) is 6.27. The fraction of sp³-hybridized carbons (Fsp3) is 0.167. The molecule has 0 fully saturated rings. The van der Waals surface area contributed by atoms with Crippen LogP contribution in [0.1, 0.15) is 11.7 Å². The van der Waals surface area contributed by atoms with E-state index in [-0.39, 0.29) is 0 Å². The van der Waals surface area contributed by atoms with Crippen molar-refractivity contribution in [2.45, 2.75) is 17.0 Å². The number of halogens is 1. The molecule has 5 nitrogen and oxygen atoms in total. The molecule has 0 atom stereocenters. The van der Waals surface area contributed by atoms with Crippen LogP contribution in [0.25, 0.3) is 5.69 Å². The van der Waals surface area contributed by atoms with E-state index in [1.54, 1.807) is 11.6 Å². The summed E-state index contributed by atoms with van der Waals surface area (Å²) in [6, 6.07) is 7.39. The largest absolute Gasteiger partial charge is 0.338 e. The molecular formula is C12H9ClN4OS3. The first kappa shape index (κ1) is 14.7. The average Bonchev–Trinajstić information content (AvgIpc) is 3.04. The Bertz CT molecular complexity index is 809. The molecule has 0 aliphatic rings. The van der Waals surface area contributed by atoms with Crippen molar-refractivity contribution < 1.29 is 4.52 Å². The standard InChI is InChI=1S/C12H9ClN4OS3/c1-7-14-10(18-16-7)6-20-11-15-17(12(19)21-11)9-4-2-8(13)3-5-9/h2-5H,6H2,1H3. The van der Waals surface area contributed by atoms with E-state index in [9.17, 15) is 0 Å². The van der Waals surface area contributed by atoms with E-state index < -0.39 is 0 Å². The van der Waals surface area contributed by atoms with Gasteiger partial charge in [0.15, 0.2) is 14.1 Å². The van der Waals surface area contributed by atoms with Crippen molar-refractivity contribution in [3.63, 3.8) is 0 Å². The maximum atomic E-state index is 5.88. The minimum atomic E-state index is 0.573. The van der Waals surface area contributed by atoms with Crippen molar-refractivity contribution in [1.82, 2.24) is 19.9 Å². The molecule has 0 saturated heterocycles. The third kappa shape index (κ3) is 3.52. The predicted octanol–water partition coefficient (Wildman–Crippen LogP) is 4.30. The summed E-state index contributed by atoms with van der Waals surface area (Å²) in [6.45, 7) is 1.79. The molecule has 9 heteroatoms. The van der Waals surface area contributed by atoms with E-state index in [4.69, 9.17) is 28.3 Å². The Kier molecular flexibility index (Phi) is 4.39. The Morgan fingerprint density at radius 1 is 1.38 bits per heavy atom. The molecule has 2 heterocycles. The van der Waals surface area contributed by atoms with Gasteiger partial charge in [0.25, 0.3) is 0 Å². The average molecular weight is 357 g/mol. The molecule has 0 spiro atoms. The zero-order valence-corrected chi connectivity index (χ0v) is 14.0. The van der Waals surface area contributed by atoms with Crippen LogP contribution in [0, 0.1) is 10.9 Å². The molecule has 3 rings (SSSR count). The fourth-order valence-corrected chi connectivity index (χ4v) is 3.91. The molecule has 21 heavy (non-hydrogen) atoms. The highest BCUT2D eigenvalue weighted by Crippen LogP contribution is 2.27. The summed E-state index contributed by atoms with van der Waals surface area (Å²) in [7, 11) is 0. The summed E-state index contributed by atoms with van der Waals surface area (Å²) >= 11 is 14.2. The summed E-state index contributed by atoms with van der Waals surface area (Å²) in [5.41, 5.74) is 0.890. The topological polar surface area (TPSA) is 56.7 Å². The van der Waals surface area contributed by atoms with Gasteiger partial charge in [0.1, 0.15) is 0 Å². The van der Waals surface area contributed by atoms with Crippen LogP contribution in [0.2, 0.25) is 5.02 Å². The lowest BCUT2D eigenvalue weighted by molar-refractivity contribution is 0.387. The molecule has 0 amide bonds. The number of benzene rings is 1. The van der Waals surface area contributed by atoms with Gasteiger partial charge in [0, 0.05) is 5.02 Å². The lowest BCUT2D eigenvalue weighted by atomic mass is 10.3. The number of hydrogen-bond acceptors (Lipinski definition) is 7. The van der Waals surface area contributed by atoms with Crippen LogP contribution in [0.4, 0.5) is 0 Å². The molecule has 2 aromatic heterocycles. The van der Waals surface area contributed by atoms with Gasteiger partial charge in [-0.25, -0.2) is 4.68 Å². The quantitative estimate of drug-likeness (QED) is 0.513. The van der Waals surface area contributed by atoms with E-state index in [1.165, 1.54) is 23.1 Å². The molecule has 0 aliphatic heterocycles. The van der Waals surface area contributed by atoms with Crippen molar-refractivity contribution in [2.75, 3.05) is 0 Å².